The molecule has 4 aromatic rings. The Bertz CT molecular complexity index is 1310. The van der Waals surface area contributed by atoms with Crippen LogP contribution in [-0.4, -0.2) is 41.9 Å². The molecule has 0 unspecified atom stereocenters. The van der Waals surface area contributed by atoms with Crippen molar-refractivity contribution in [2.75, 3.05) is 26.2 Å². The average molecular weight is 479 g/mol. The van der Waals surface area contributed by atoms with Crippen LogP contribution in [0, 0.1) is 5.82 Å². The van der Waals surface area contributed by atoms with E-state index >= 15 is 0 Å². The SMILES string of the molecule is O=C(c1ccc(COc2cccc3ccccc23)o1)N1CCN(Cc2ccc(F)cc2Cl)CC1. The van der Waals surface area contributed by atoms with Crippen LogP contribution in [0.1, 0.15) is 21.9 Å². The van der Waals surface area contributed by atoms with Crippen LogP contribution >= 0.6 is 11.6 Å². The number of rotatable bonds is 6. The molecule has 1 fully saturated rings. The van der Waals surface area contributed by atoms with Crippen molar-refractivity contribution < 1.29 is 18.3 Å². The molecule has 7 heteroatoms. The number of halogens is 2. The Kier molecular flexibility index (Phi) is 6.52. The van der Waals surface area contributed by atoms with Crippen molar-refractivity contribution in [3.05, 3.63) is 101 Å². The summed E-state index contributed by atoms with van der Waals surface area (Å²) in [4.78, 5) is 16.9. The van der Waals surface area contributed by atoms with E-state index in [1.54, 1.807) is 23.1 Å². The van der Waals surface area contributed by atoms with E-state index in [1.165, 1.54) is 12.1 Å². The lowest BCUT2D eigenvalue weighted by molar-refractivity contribution is 0.0594. The van der Waals surface area contributed by atoms with E-state index in [-0.39, 0.29) is 18.3 Å². The molecule has 3 aromatic carbocycles. The normalized spacial score (nSPS) is 14.5. The Balaban J connectivity index is 1.16. The summed E-state index contributed by atoms with van der Waals surface area (Å²) in [6.45, 7) is 3.44. The van der Waals surface area contributed by atoms with E-state index in [1.807, 2.05) is 42.5 Å². The van der Waals surface area contributed by atoms with E-state index in [0.29, 0.717) is 49.3 Å². The fourth-order valence-corrected chi connectivity index (χ4v) is 4.42. The predicted octanol–water partition coefficient (Wildman–Crippen LogP) is 5.76. The summed E-state index contributed by atoms with van der Waals surface area (Å²) in [7, 11) is 0. The molecule has 0 bridgehead atoms. The van der Waals surface area contributed by atoms with Gasteiger partial charge in [0.25, 0.3) is 5.91 Å². The molecule has 0 saturated carbocycles. The zero-order valence-electron chi connectivity index (χ0n) is 18.5. The zero-order chi connectivity index (χ0) is 23.5. The third kappa shape index (κ3) is 4.93. The number of carbonyl (C=O) groups is 1. The van der Waals surface area contributed by atoms with E-state index in [2.05, 4.69) is 4.90 Å². The van der Waals surface area contributed by atoms with Gasteiger partial charge in [-0.05, 0) is 41.3 Å². The van der Waals surface area contributed by atoms with Gasteiger partial charge in [0, 0.05) is 43.1 Å². The molecule has 0 spiro atoms. The number of fused-ring (bicyclic) bond motifs is 1. The lowest BCUT2D eigenvalue weighted by atomic mass is 10.1. The van der Waals surface area contributed by atoms with Crippen molar-refractivity contribution in [3.8, 4) is 5.75 Å². The molecule has 1 amide bonds. The minimum Gasteiger partial charge on any atom is -0.485 e. The van der Waals surface area contributed by atoms with Crippen LogP contribution in [0.5, 0.6) is 5.75 Å². The maximum atomic E-state index is 13.3. The topological polar surface area (TPSA) is 45.9 Å². The Morgan fingerprint density at radius 1 is 0.971 bits per heavy atom. The Morgan fingerprint density at radius 2 is 1.76 bits per heavy atom. The smallest absolute Gasteiger partial charge is 0.289 e. The number of amides is 1. The molecular weight excluding hydrogens is 455 g/mol. The number of ether oxygens (including phenoxy) is 1. The number of furan rings is 1. The van der Waals surface area contributed by atoms with Crippen LogP contribution in [0.4, 0.5) is 4.39 Å². The van der Waals surface area contributed by atoms with E-state index in [0.717, 1.165) is 22.1 Å². The van der Waals surface area contributed by atoms with Gasteiger partial charge < -0.3 is 14.1 Å². The van der Waals surface area contributed by atoms with E-state index < -0.39 is 0 Å². The first kappa shape index (κ1) is 22.4. The summed E-state index contributed by atoms with van der Waals surface area (Å²) in [6, 6.07) is 21.9. The quantitative estimate of drug-likeness (QED) is 0.353. The summed E-state index contributed by atoms with van der Waals surface area (Å²) in [5, 5.41) is 2.57. The standard InChI is InChI=1S/C27H24ClFN2O3/c28-24-16-21(29)9-8-20(24)17-30-12-14-31(15-13-30)27(32)26-11-10-22(34-26)18-33-25-7-3-5-19-4-1-2-6-23(19)25/h1-11,16H,12-15,17-18H2. The fourth-order valence-electron chi connectivity index (χ4n) is 4.20. The van der Waals surface area contributed by atoms with Crippen LogP contribution < -0.4 is 4.74 Å². The number of hydrogen-bond donors (Lipinski definition) is 0. The number of benzene rings is 3. The van der Waals surface area contributed by atoms with Gasteiger partial charge >= 0.3 is 0 Å². The molecule has 0 radical (unpaired) electrons. The minimum absolute atomic E-state index is 0.129. The van der Waals surface area contributed by atoms with E-state index in [4.69, 9.17) is 20.8 Å². The van der Waals surface area contributed by atoms with Crippen LogP contribution in [0.3, 0.4) is 0 Å². The molecule has 34 heavy (non-hydrogen) atoms. The van der Waals surface area contributed by atoms with Crippen molar-refractivity contribution in [2.24, 2.45) is 0 Å². The highest BCUT2D eigenvalue weighted by molar-refractivity contribution is 6.31. The van der Waals surface area contributed by atoms with Gasteiger partial charge in [-0.15, -0.1) is 0 Å². The molecule has 0 aliphatic carbocycles. The first-order valence-corrected chi connectivity index (χ1v) is 11.6. The van der Waals surface area contributed by atoms with Crippen LogP contribution in [-0.2, 0) is 13.2 Å². The van der Waals surface area contributed by atoms with Gasteiger partial charge in [-0.3, -0.25) is 9.69 Å². The van der Waals surface area contributed by atoms with Gasteiger partial charge in [-0.2, -0.15) is 0 Å². The predicted molar refractivity (Wildman–Crippen MR) is 130 cm³/mol. The maximum absolute atomic E-state index is 13.3. The molecular formula is C27H24ClFN2O3. The summed E-state index contributed by atoms with van der Waals surface area (Å²) in [5.74, 6) is 1.22. The highest BCUT2D eigenvalue weighted by Gasteiger charge is 2.24. The second-order valence-corrected chi connectivity index (χ2v) is 8.74. The highest BCUT2D eigenvalue weighted by Crippen LogP contribution is 2.26. The van der Waals surface area contributed by atoms with Crippen molar-refractivity contribution in [1.29, 1.82) is 0 Å². The monoisotopic (exact) mass is 478 g/mol. The third-order valence-corrected chi connectivity index (χ3v) is 6.41. The van der Waals surface area contributed by atoms with Crippen molar-refractivity contribution in [2.45, 2.75) is 13.2 Å². The lowest BCUT2D eigenvalue weighted by Crippen LogP contribution is -2.48. The van der Waals surface area contributed by atoms with Gasteiger partial charge in [0.1, 0.15) is 23.9 Å². The van der Waals surface area contributed by atoms with Gasteiger partial charge in [-0.1, -0.05) is 54.1 Å². The first-order chi connectivity index (χ1) is 16.6. The molecule has 0 N–H and O–H groups in total. The van der Waals surface area contributed by atoms with Crippen molar-refractivity contribution >= 4 is 28.3 Å². The Hall–Kier alpha value is -3.35. The van der Waals surface area contributed by atoms with Gasteiger partial charge in [0.05, 0.1) is 0 Å². The van der Waals surface area contributed by atoms with Crippen molar-refractivity contribution in [1.82, 2.24) is 9.80 Å². The highest BCUT2D eigenvalue weighted by atomic mass is 35.5. The molecule has 5 nitrogen and oxygen atoms in total. The number of nitrogens with zero attached hydrogens (tertiary/aromatic N) is 2. The summed E-state index contributed by atoms with van der Waals surface area (Å²) in [6.07, 6.45) is 0. The summed E-state index contributed by atoms with van der Waals surface area (Å²) >= 11 is 6.15. The summed E-state index contributed by atoms with van der Waals surface area (Å²) < 4.78 is 25.0. The second-order valence-electron chi connectivity index (χ2n) is 8.34. The van der Waals surface area contributed by atoms with E-state index in [9.17, 15) is 9.18 Å². The molecule has 1 saturated heterocycles. The molecule has 174 valence electrons. The zero-order valence-corrected chi connectivity index (χ0v) is 19.3. The maximum Gasteiger partial charge on any atom is 0.289 e. The Labute approximate surface area is 202 Å². The molecule has 2 heterocycles. The first-order valence-electron chi connectivity index (χ1n) is 11.2. The van der Waals surface area contributed by atoms with Gasteiger partial charge in [0.15, 0.2) is 5.76 Å². The largest absolute Gasteiger partial charge is 0.485 e. The molecule has 5 rings (SSSR count). The molecule has 0 atom stereocenters. The average Bonchev–Trinajstić information content (AvgIpc) is 3.33. The molecule has 1 aromatic heterocycles. The third-order valence-electron chi connectivity index (χ3n) is 6.06. The van der Waals surface area contributed by atoms with Crippen molar-refractivity contribution in [3.63, 3.8) is 0 Å². The minimum atomic E-state index is -0.343. The Morgan fingerprint density at radius 3 is 2.59 bits per heavy atom. The van der Waals surface area contributed by atoms with Crippen LogP contribution in [0.2, 0.25) is 5.02 Å². The number of carbonyl (C=O) groups excluding carboxylic acids is 1. The summed E-state index contributed by atoms with van der Waals surface area (Å²) in [5.41, 5.74) is 0.879. The lowest BCUT2D eigenvalue weighted by Gasteiger charge is -2.34. The molecule has 1 aliphatic rings. The van der Waals surface area contributed by atoms with Gasteiger partial charge in [0.2, 0.25) is 0 Å². The van der Waals surface area contributed by atoms with Crippen LogP contribution in [0.25, 0.3) is 10.8 Å². The van der Waals surface area contributed by atoms with Crippen LogP contribution in [0.15, 0.2) is 77.2 Å². The molecule has 1 aliphatic heterocycles. The number of piperazine rings is 1. The van der Waals surface area contributed by atoms with Gasteiger partial charge in [-0.25, -0.2) is 4.39 Å². The second kappa shape index (κ2) is 9.87. The number of hydrogen-bond acceptors (Lipinski definition) is 4. The fraction of sp³-hybridized carbons (Fsp3) is 0.222.